The average molecular weight is 256 g/mol. The molecule has 1 amide bonds. The van der Waals surface area contributed by atoms with Gasteiger partial charge in [-0.3, -0.25) is 4.79 Å². The second-order valence-electron chi connectivity index (χ2n) is 4.65. The third-order valence-corrected chi connectivity index (χ3v) is 3.16. The molecule has 0 spiro atoms. The Kier molecular flexibility index (Phi) is 3.32. The summed E-state index contributed by atoms with van der Waals surface area (Å²) in [7, 11) is 0. The molecule has 1 aliphatic rings. The van der Waals surface area contributed by atoms with Crippen LogP contribution in [0.2, 0.25) is 0 Å². The maximum absolute atomic E-state index is 13.0. The molecule has 3 N–H and O–H groups in total. The van der Waals surface area contributed by atoms with Gasteiger partial charge < -0.3 is 15.8 Å². The fourth-order valence-electron chi connectivity index (χ4n) is 1.82. The van der Waals surface area contributed by atoms with Gasteiger partial charge in [-0.05, 0) is 19.1 Å². The van der Waals surface area contributed by atoms with Crippen molar-refractivity contribution in [2.24, 2.45) is 11.1 Å². The summed E-state index contributed by atoms with van der Waals surface area (Å²) in [5.74, 6) is -1.90. The monoisotopic (exact) mass is 256 g/mol. The zero-order valence-electron chi connectivity index (χ0n) is 9.87. The Morgan fingerprint density at radius 1 is 1.44 bits per heavy atom. The number of amides is 1. The summed E-state index contributed by atoms with van der Waals surface area (Å²) in [5.41, 5.74) is 4.97. The van der Waals surface area contributed by atoms with E-state index >= 15 is 0 Å². The van der Waals surface area contributed by atoms with Crippen LogP contribution < -0.4 is 11.1 Å². The zero-order chi connectivity index (χ0) is 13.3. The lowest BCUT2D eigenvalue weighted by molar-refractivity contribution is -0.125. The first-order chi connectivity index (χ1) is 8.41. The minimum atomic E-state index is -0.886. The number of hydrogen-bond donors (Lipinski definition) is 2. The van der Waals surface area contributed by atoms with Crippen molar-refractivity contribution >= 4 is 11.6 Å². The predicted molar refractivity (Wildman–Crippen MR) is 61.9 cm³/mol. The van der Waals surface area contributed by atoms with Crippen LogP contribution in [0.15, 0.2) is 18.2 Å². The molecule has 0 bridgehead atoms. The minimum Gasteiger partial charge on any atom is -0.379 e. The summed E-state index contributed by atoms with van der Waals surface area (Å²) in [6, 6.07) is 2.40. The molecule has 1 fully saturated rings. The SMILES string of the molecule is CC1(C(=O)Nc2cc(F)cc(F)c2)COCC1N. The smallest absolute Gasteiger partial charge is 0.234 e. The number of carbonyl (C=O) groups is 1. The second-order valence-corrected chi connectivity index (χ2v) is 4.65. The van der Waals surface area contributed by atoms with E-state index in [0.29, 0.717) is 6.61 Å². The van der Waals surface area contributed by atoms with E-state index in [4.69, 9.17) is 10.5 Å². The number of nitrogens with two attached hydrogens (primary N) is 1. The third-order valence-electron chi connectivity index (χ3n) is 3.16. The van der Waals surface area contributed by atoms with Crippen LogP contribution >= 0.6 is 0 Å². The molecule has 2 rings (SSSR count). The molecule has 98 valence electrons. The predicted octanol–water partition coefficient (Wildman–Crippen LogP) is 1.27. The largest absolute Gasteiger partial charge is 0.379 e. The molecule has 1 saturated heterocycles. The highest BCUT2D eigenvalue weighted by molar-refractivity contribution is 5.96. The lowest BCUT2D eigenvalue weighted by Gasteiger charge is -2.25. The van der Waals surface area contributed by atoms with Gasteiger partial charge in [-0.1, -0.05) is 0 Å². The summed E-state index contributed by atoms with van der Waals surface area (Å²) in [6.45, 7) is 2.15. The molecule has 1 heterocycles. The standard InChI is InChI=1S/C12H14F2N2O2/c1-12(6-18-5-10(12)15)11(17)16-9-3-7(13)2-8(14)4-9/h2-4,10H,5-6,15H2,1H3,(H,16,17). The van der Waals surface area contributed by atoms with E-state index in [1.165, 1.54) is 0 Å². The van der Waals surface area contributed by atoms with Gasteiger partial charge in [0.2, 0.25) is 5.91 Å². The number of nitrogens with one attached hydrogen (secondary N) is 1. The Bertz CT molecular complexity index is 461. The van der Waals surface area contributed by atoms with E-state index in [9.17, 15) is 13.6 Å². The maximum Gasteiger partial charge on any atom is 0.234 e. The van der Waals surface area contributed by atoms with Crippen LogP contribution in [-0.2, 0) is 9.53 Å². The first-order valence-electron chi connectivity index (χ1n) is 5.53. The van der Waals surface area contributed by atoms with E-state index in [-0.39, 0.29) is 12.3 Å². The number of halogens is 2. The van der Waals surface area contributed by atoms with E-state index in [0.717, 1.165) is 18.2 Å². The Labute approximate surface area is 103 Å². The molecule has 0 aromatic heterocycles. The van der Waals surface area contributed by atoms with Crippen LogP contribution in [0.5, 0.6) is 0 Å². The van der Waals surface area contributed by atoms with Gasteiger partial charge in [0.1, 0.15) is 11.6 Å². The Morgan fingerprint density at radius 3 is 2.56 bits per heavy atom. The summed E-state index contributed by atoms with van der Waals surface area (Å²) in [6.07, 6.45) is 0. The van der Waals surface area contributed by atoms with E-state index in [2.05, 4.69) is 5.32 Å². The molecule has 1 aromatic carbocycles. The average Bonchev–Trinajstić information content (AvgIpc) is 2.59. The van der Waals surface area contributed by atoms with E-state index in [1.807, 2.05) is 0 Å². The van der Waals surface area contributed by atoms with Crippen molar-refractivity contribution in [1.82, 2.24) is 0 Å². The number of hydrogen-bond acceptors (Lipinski definition) is 3. The third kappa shape index (κ3) is 2.34. The molecule has 18 heavy (non-hydrogen) atoms. The number of carbonyl (C=O) groups excluding carboxylic acids is 1. The summed E-state index contributed by atoms with van der Waals surface area (Å²) < 4.78 is 31.1. The number of rotatable bonds is 2. The van der Waals surface area contributed by atoms with Crippen LogP contribution in [0.3, 0.4) is 0 Å². The molecule has 1 aromatic rings. The molecular formula is C12H14F2N2O2. The zero-order valence-corrected chi connectivity index (χ0v) is 9.87. The van der Waals surface area contributed by atoms with E-state index in [1.54, 1.807) is 6.92 Å². The second kappa shape index (κ2) is 4.62. The molecule has 0 saturated carbocycles. The van der Waals surface area contributed by atoms with Crippen molar-refractivity contribution in [3.63, 3.8) is 0 Å². The van der Waals surface area contributed by atoms with Gasteiger partial charge in [0.05, 0.1) is 18.6 Å². The molecule has 0 radical (unpaired) electrons. The molecule has 2 atom stereocenters. The number of anilines is 1. The first-order valence-corrected chi connectivity index (χ1v) is 5.53. The van der Waals surface area contributed by atoms with Crippen molar-refractivity contribution in [3.8, 4) is 0 Å². The van der Waals surface area contributed by atoms with Crippen molar-refractivity contribution in [3.05, 3.63) is 29.8 Å². The van der Waals surface area contributed by atoms with Gasteiger partial charge in [0.25, 0.3) is 0 Å². The van der Waals surface area contributed by atoms with Crippen molar-refractivity contribution in [2.45, 2.75) is 13.0 Å². The number of ether oxygens (including phenoxy) is 1. The fourth-order valence-corrected chi connectivity index (χ4v) is 1.82. The molecule has 0 aliphatic carbocycles. The van der Waals surface area contributed by atoms with Gasteiger partial charge >= 0.3 is 0 Å². The highest BCUT2D eigenvalue weighted by Gasteiger charge is 2.44. The summed E-state index contributed by atoms with van der Waals surface area (Å²) >= 11 is 0. The lowest BCUT2D eigenvalue weighted by Crippen LogP contribution is -2.47. The quantitative estimate of drug-likeness (QED) is 0.837. The highest BCUT2D eigenvalue weighted by Crippen LogP contribution is 2.28. The Balaban J connectivity index is 2.16. The van der Waals surface area contributed by atoms with Crippen molar-refractivity contribution in [2.75, 3.05) is 18.5 Å². The van der Waals surface area contributed by atoms with Crippen molar-refractivity contribution < 1.29 is 18.3 Å². The van der Waals surface area contributed by atoms with E-state index < -0.39 is 29.0 Å². The maximum atomic E-state index is 13.0. The summed E-state index contributed by atoms with van der Waals surface area (Å²) in [4.78, 5) is 12.1. The Morgan fingerprint density at radius 2 is 2.06 bits per heavy atom. The topological polar surface area (TPSA) is 64.3 Å². The van der Waals surface area contributed by atoms with Gasteiger partial charge in [-0.25, -0.2) is 8.78 Å². The minimum absolute atomic E-state index is 0.0674. The van der Waals surface area contributed by atoms with Crippen molar-refractivity contribution in [1.29, 1.82) is 0 Å². The van der Waals surface area contributed by atoms with Crippen LogP contribution in [0.25, 0.3) is 0 Å². The van der Waals surface area contributed by atoms with Crippen LogP contribution in [-0.4, -0.2) is 25.2 Å². The number of benzene rings is 1. The van der Waals surface area contributed by atoms with Crippen LogP contribution in [0.1, 0.15) is 6.92 Å². The molecule has 6 heteroatoms. The van der Waals surface area contributed by atoms with Crippen LogP contribution in [0, 0.1) is 17.0 Å². The highest BCUT2D eigenvalue weighted by atomic mass is 19.1. The van der Waals surface area contributed by atoms with Gasteiger partial charge in [-0.15, -0.1) is 0 Å². The van der Waals surface area contributed by atoms with Gasteiger partial charge in [-0.2, -0.15) is 0 Å². The lowest BCUT2D eigenvalue weighted by atomic mass is 9.85. The van der Waals surface area contributed by atoms with Gasteiger partial charge in [0.15, 0.2) is 0 Å². The first kappa shape index (κ1) is 12.9. The molecular weight excluding hydrogens is 242 g/mol. The molecule has 2 unspecified atom stereocenters. The van der Waals surface area contributed by atoms with Crippen LogP contribution in [0.4, 0.5) is 14.5 Å². The fraction of sp³-hybridized carbons (Fsp3) is 0.417. The summed E-state index contributed by atoms with van der Waals surface area (Å²) in [5, 5.41) is 2.46. The molecule has 1 aliphatic heterocycles. The van der Waals surface area contributed by atoms with Gasteiger partial charge in [0, 0.05) is 17.8 Å². The Hall–Kier alpha value is -1.53. The molecule has 4 nitrogen and oxygen atoms in total. The normalized spacial score (nSPS) is 27.2.